The number of aryl methyl sites for hydroxylation is 2. The molecule has 4 heteroatoms. The summed E-state index contributed by atoms with van der Waals surface area (Å²) in [4.78, 5) is 25.0. The van der Waals surface area contributed by atoms with Crippen molar-refractivity contribution in [3.8, 4) is 0 Å². The van der Waals surface area contributed by atoms with Gasteiger partial charge in [-0.1, -0.05) is 17.7 Å². The highest BCUT2D eigenvalue weighted by molar-refractivity contribution is 6.06. The Kier molecular flexibility index (Phi) is 2.98. The standard InChI is InChI=1S/C13H16N2O2/c1-8-3-4-11(9(2)5-8)13(17)15-7-10(14)6-12(15)16/h3-5,10H,6-7,14H2,1-2H3. The Morgan fingerprint density at radius 2 is 2.12 bits per heavy atom. The van der Waals surface area contributed by atoms with Crippen LogP contribution in [-0.4, -0.2) is 29.3 Å². The zero-order valence-corrected chi connectivity index (χ0v) is 10.1. The number of hydrogen-bond donors (Lipinski definition) is 1. The minimum atomic E-state index is -0.236. The molecule has 2 rings (SSSR count). The topological polar surface area (TPSA) is 63.4 Å². The monoisotopic (exact) mass is 232 g/mol. The van der Waals surface area contributed by atoms with Crippen LogP contribution in [0.2, 0.25) is 0 Å². The Morgan fingerprint density at radius 3 is 2.65 bits per heavy atom. The molecule has 0 bridgehead atoms. The fraction of sp³-hybridized carbons (Fsp3) is 0.385. The minimum Gasteiger partial charge on any atom is -0.326 e. The van der Waals surface area contributed by atoms with Gasteiger partial charge in [-0.15, -0.1) is 0 Å². The van der Waals surface area contributed by atoms with E-state index >= 15 is 0 Å². The summed E-state index contributed by atoms with van der Waals surface area (Å²) in [5, 5.41) is 0. The molecule has 1 unspecified atom stereocenters. The van der Waals surface area contributed by atoms with Gasteiger partial charge in [-0.2, -0.15) is 0 Å². The van der Waals surface area contributed by atoms with E-state index in [1.54, 1.807) is 6.07 Å². The molecule has 0 spiro atoms. The van der Waals surface area contributed by atoms with Crippen LogP contribution in [0.15, 0.2) is 18.2 Å². The number of nitrogens with zero attached hydrogens (tertiary/aromatic N) is 1. The van der Waals surface area contributed by atoms with E-state index in [1.165, 1.54) is 4.90 Å². The molecule has 2 amide bonds. The summed E-state index contributed by atoms with van der Waals surface area (Å²) < 4.78 is 0. The summed E-state index contributed by atoms with van der Waals surface area (Å²) in [6, 6.07) is 5.36. The molecular formula is C13H16N2O2. The highest BCUT2D eigenvalue weighted by Crippen LogP contribution is 2.17. The van der Waals surface area contributed by atoms with Crippen LogP contribution in [0, 0.1) is 13.8 Å². The van der Waals surface area contributed by atoms with Crippen LogP contribution >= 0.6 is 0 Å². The maximum Gasteiger partial charge on any atom is 0.260 e. The lowest BCUT2D eigenvalue weighted by molar-refractivity contribution is -0.125. The second kappa shape index (κ2) is 4.30. The molecule has 1 aromatic rings. The molecule has 0 aromatic heterocycles. The molecule has 1 aromatic carbocycles. The van der Waals surface area contributed by atoms with E-state index in [-0.39, 0.29) is 24.3 Å². The molecule has 0 aliphatic carbocycles. The Labute approximate surface area is 100 Å². The summed E-state index contributed by atoms with van der Waals surface area (Å²) in [5.74, 6) is -0.414. The summed E-state index contributed by atoms with van der Waals surface area (Å²) >= 11 is 0. The van der Waals surface area contributed by atoms with Crippen molar-refractivity contribution in [1.29, 1.82) is 0 Å². The third kappa shape index (κ3) is 2.22. The SMILES string of the molecule is Cc1ccc(C(=O)N2CC(N)CC2=O)c(C)c1. The van der Waals surface area contributed by atoms with Gasteiger partial charge in [-0.25, -0.2) is 0 Å². The van der Waals surface area contributed by atoms with Gasteiger partial charge < -0.3 is 5.73 Å². The Bertz CT molecular complexity index is 482. The van der Waals surface area contributed by atoms with Crippen LogP contribution < -0.4 is 5.73 Å². The zero-order chi connectivity index (χ0) is 12.6. The van der Waals surface area contributed by atoms with Crippen molar-refractivity contribution in [3.05, 3.63) is 34.9 Å². The molecule has 1 saturated heterocycles. The van der Waals surface area contributed by atoms with Crippen molar-refractivity contribution in [2.75, 3.05) is 6.54 Å². The summed E-state index contributed by atoms with van der Waals surface area (Å²) in [6.07, 6.45) is 0.261. The molecule has 4 nitrogen and oxygen atoms in total. The number of nitrogens with two attached hydrogens (primary N) is 1. The number of carbonyl (C=O) groups excluding carboxylic acids is 2. The van der Waals surface area contributed by atoms with E-state index in [0.29, 0.717) is 12.1 Å². The van der Waals surface area contributed by atoms with Gasteiger partial charge in [-0.05, 0) is 25.5 Å². The average molecular weight is 232 g/mol. The van der Waals surface area contributed by atoms with Crippen molar-refractivity contribution in [2.45, 2.75) is 26.3 Å². The predicted octanol–water partition coefficient (Wildman–Crippen LogP) is 1.00. The quantitative estimate of drug-likeness (QED) is 0.735. The number of amides is 2. The van der Waals surface area contributed by atoms with Crippen LogP contribution in [0.1, 0.15) is 27.9 Å². The minimum absolute atomic E-state index is 0.178. The van der Waals surface area contributed by atoms with E-state index < -0.39 is 0 Å². The highest BCUT2D eigenvalue weighted by Gasteiger charge is 2.32. The van der Waals surface area contributed by atoms with Gasteiger partial charge in [0.15, 0.2) is 0 Å². The second-order valence-electron chi connectivity index (χ2n) is 4.59. The molecule has 1 fully saturated rings. The number of likely N-dealkylation sites (tertiary alicyclic amines) is 1. The first-order valence-electron chi connectivity index (χ1n) is 5.66. The summed E-state index contributed by atoms with van der Waals surface area (Å²) in [6.45, 7) is 4.17. The zero-order valence-electron chi connectivity index (χ0n) is 10.1. The second-order valence-corrected chi connectivity index (χ2v) is 4.59. The molecule has 17 heavy (non-hydrogen) atoms. The molecule has 0 radical (unpaired) electrons. The first-order chi connectivity index (χ1) is 7.99. The predicted molar refractivity (Wildman–Crippen MR) is 64.6 cm³/mol. The van der Waals surface area contributed by atoms with Gasteiger partial charge in [0, 0.05) is 24.6 Å². The van der Waals surface area contributed by atoms with E-state index in [2.05, 4.69) is 0 Å². The number of rotatable bonds is 1. The smallest absolute Gasteiger partial charge is 0.260 e. The highest BCUT2D eigenvalue weighted by atomic mass is 16.2. The molecule has 2 N–H and O–H groups in total. The van der Waals surface area contributed by atoms with E-state index in [4.69, 9.17) is 5.73 Å². The van der Waals surface area contributed by atoms with Crippen LogP contribution in [0.5, 0.6) is 0 Å². The number of carbonyl (C=O) groups is 2. The van der Waals surface area contributed by atoms with Crippen LogP contribution in [0.25, 0.3) is 0 Å². The molecule has 1 aliphatic rings. The summed E-state index contributed by atoms with van der Waals surface area (Å²) in [5.41, 5.74) is 8.25. The Morgan fingerprint density at radius 1 is 1.41 bits per heavy atom. The fourth-order valence-electron chi connectivity index (χ4n) is 2.13. The molecule has 1 heterocycles. The van der Waals surface area contributed by atoms with Gasteiger partial charge in [0.2, 0.25) is 5.91 Å². The lowest BCUT2D eigenvalue weighted by atomic mass is 10.0. The first kappa shape index (κ1) is 11.8. The Hall–Kier alpha value is -1.68. The fourth-order valence-corrected chi connectivity index (χ4v) is 2.13. The van der Waals surface area contributed by atoms with Gasteiger partial charge >= 0.3 is 0 Å². The average Bonchev–Trinajstić information content (AvgIpc) is 2.57. The molecule has 90 valence electrons. The third-order valence-electron chi connectivity index (χ3n) is 3.01. The largest absolute Gasteiger partial charge is 0.326 e. The number of hydrogen-bond acceptors (Lipinski definition) is 3. The van der Waals surface area contributed by atoms with Crippen LogP contribution in [-0.2, 0) is 4.79 Å². The number of benzene rings is 1. The first-order valence-corrected chi connectivity index (χ1v) is 5.66. The summed E-state index contributed by atoms with van der Waals surface area (Å²) in [7, 11) is 0. The van der Waals surface area contributed by atoms with Crippen molar-refractivity contribution >= 4 is 11.8 Å². The van der Waals surface area contributed by atoms with Gasteiger partial charge in [0.05, 0.1) is 0 Å². The maximum atomic E-state index is 12.2. The van der Waals surface area contributed by atoms with E-state index in [9.17, 15) is 9.59 Å². The molecule has 1 atom stereocenters. The van der Waals surface area contributed by atoms with Crippen LogP contribution in [0.3, 0.4) is 0 Å². The number of imide groups is 1. The van der Waals surface area contributed by atoms with Gasteiger partial charge in [-0.3, -0.25) is 14.5 Å². The third-order valence-corrected chi connectivity index (χ3v) is 3.01. The van der Waals surface area contributed by atoms with Crippen molar-refractivity contribution < 1.29 is 9.59 Å². The molecule has 1 aliphatic heterocycles. The lowest BCUT2D eigenvalue weighted by Crippen LogP contribution is -2.34. The van der Waals surface area contributed by atoms with E-state index in [1.807, 2.05) is 26.0 Å². The van der Waals surface area contributed by atoms with Crippen molar-refractivity contribution in [1.82, 2.24) is 4.90 Å². The molecule has 0 saturated carbocycles. The Balaban J connectivity index is 2.28. The lowest BCUT2D eigenvalue weighted by Gasteiger charge is -2.15. The van der Waals surface area contributed by atoms with Gasteiger partial charge in [0.25, 0.3) is 5.91 Å². The van der Waals surface area contributed by atoms with Crippen molar-refractivity contribution in [3.63, 3.8) is 0 Å². The normalized spacial score (nSPS) is 19.8. The van der Waals surface area contributed by atoms with E-state index in [0.717, 1.165) is 11.1 Å². The maximum absolute atomic E-state index is 12.2. The van der Waals surface area contributed by atoms with Crippen molar-refractivity contribution in [2.24, 2.45) is 5.73 Å². The molecular weight excluding hydrogens is 216 g/mol. The van der Waals surface area contributed by atoms with Crippen LogP contribution in [0.4, 0.5) is 0 Å². The van der Waals surface area contributed by atoms with Gasteiger partial charge in [0.1, 0.15) is 0 Å².